The second-order valence-electron chi connectivity index (χ2n) is 4.65. The number of hydrogen-bond acceptors (Lipinski definition) is 5. The normalized spacial score (nSPS) is 10.5. The molecular formula is C15H10BrClN4OS. The fourth-order valence-corrected chi connectivity index (χ4v) is 3.12. The highest BCUT2D eigenvalue weighted by molar-refractivity contribution is 9.10. The molecule has 0 atom stereocenters. The molecule has 0 bridgehead atoms. The maximum absolute atomic E-state index is 12.1. The Labute approximate surface area is 149 Å². The van der Waals surface area contributed by atoms with Crippen molar-refractivity contribution in [1.29, 1.82) is 0 Å². The van der Waals surface area contributed by atoms with E-state index in [2.05, 4.69) is 36.4 Å². The number of hydrogen-bond donors (Lipinski definition) is 1. The first-order chi connectivity index (χ1) is 11.1. The van der Waals surface area contributed by atoms with Crippen LogP contribution in [0.25, 0.3) is 0 Å². The van der Waals surface area contributed by atoms with E-state index in [1.807, 2.05) is 24.3 Å². The lowest BCUT2D eigenvalue weighted by Crippen LogP contribution is -2.11. The van der Waals surface area contributed by atoms with Crippen LogP contribution < -0.4 is 5.32 Å². The molecule has 0 aliphatic heterocycles. The Balaban J connectivity index is 1.67. The number of anilines is 1. The molecule has 2 aromatic heterocycles. The number of carbonyl (C=O) groups excluding carboxylic acids is 1. The molecule has 0 saturated carbocycles. The molecule has 0 aliphatic carbocycles. The van der Waals surface area contributed by atoms with Crippen molar-refractivity contribution in [2.75, 3.05) is 5.32 Å². The summed E-state index contributed by atoms with van der Waals surface area (Å²) in [6, 6.07) is 9.24. The van der Waals surface area contributed by atoms with Crippen LogP contribution in [0, 0.1) is 0 Å². The summed E-state index contributed by atoms with van der Waals surface area (Å²) in [4.78, 5) is 16.1. The van der Waals surface area contributed by atoms with E-state index in [0.717, 1.165) is 15.0 Å². The summed E-state index contributed by atoms with van der Waals surface area (Å²) in [5.74, 6) is -0.270. The monoisotopic (exact) mass is 408 g/mol. The van der Waals surface area contributed by atoms with Crippen molar-refractivity contribution in [2.24, 2.45) is 0 Å². The molecule has 3 rings (SSSR count). The smallest absolute Gasteiger partial charge is 0.259 e. The largest absolute Gasteiger partial charge is 0.296 e. The third kappa shape index (κ3) is 4.34. The highest BCUT2D eigenvalue weighted by Gasteiger charge is 2.11. The lowest BCUT2D eigenvalue weighted by molar-refractivity contribution is 0.102. The molecule has 0 aliphatic rings. The van der Waals surface area contributed by atoms with Crippen LogP contribution in [0.3, 0.4) is 0 Å². The molecule has 3 aromatic rings. The van der Waals surface area contributed by atoms with Crippen molar-refractivity contribution in [2.45, 2.75) is 6.42 Å². The molecule has 0 radical (unpaired) electrons. The van der Waals surface area contributed by atoms with Gasteiger partial charge < -0.3 is 0 Å². The van der Waals surface area contributed by atoms with Gasteiger partial charge >= 0.3 is 0 Å². The molecule has 1 N–H and O–H groups in total. The SMILES string of the molecule is O=C(Nc1nnc(Cc2ccc(Cl)cc2)s1)c1cncc(Br)c1. The minimum Gasteiger partial charge on any atom is -0.296 e. The van der Waals surface area contributed by atoms with Gasteiger partial charge in [0.05, 0.1) is 5.56 Å². The third-order valence-corrected chi connectivity index (χ3v) is 4.45. The fourth-order valence-electron chi connectivity index (χ4n) is 1.86. The van der Waals surface area contributed by atoms with Gasteiger partial charge in [0.1, 0.15) is 5.01 Å². The Morgan fingerprint density at radius 3 is 2.74 bits per heavy atom. The molecular weight excluding hydrogens is 400 g/mol. The van der Waals surface area contributed by atoms with E-state index in [4.69, 9.17) is 11.6 Å². The minimum absolute atomic E-state index is 0.270. The highest BCUT2D eigenvalue weighted by atomic mass is 79.9. The molecule has 0 spiro atoms. The van der Waals surface area contributed by atoms with E-state index in [9.17, 15) is 4.79 Å². The van der Waals surface area contributed by atoms with Crippen LogP contribution in [0.15, 0.2) is 47.2 Å². The topological polar surface area (TPSA) is 67.8 Å². The molecule has 5 nitrogen and oxygen atoms in total. The molecule has 0 unspecified atom stereocenters. The number of amides is 1. The van der Waals surface area contributed by atoms with Crippen LogP contribution >= 0.6 is 38.9 Å². The van der Waals surface area contributed by atoms with E-state index in [1.54, 1.807) is 12.3 Å². The van der Waals surface area contributed by atoms with Gasteiger partial charge in [-0.05, 0) is 39.7 Å². The lowest BCUT2D eigenvalue weighted by Gasteiger charge is -2.00. The van der Waals surface area contributed by atoms with Gasteiger partial charge in [-0.2, -0.15) is 0 Å². The second kappa shape index (κ2) is 7.16. The maximum Gasteiger partial charge on any atom is 0.259 e. The number of aromatic nitrogens is 3. The fraction of sp³-hybridized carbons (Fsp3) is 0.0667. The van der Waals surface area contributed by atoms with E-state index >= 15 is 0 Å². The average Bonchev–Trinajstić information content (AvgIpc) is 2.96. The molecule has 8 heteroatoms. The van der Waals surface area contributed by atoms with Crippen molar-refractivity contribution in [3.05, 3.63) is 68.4 Å². The first kappa shape index (κ1) is 16.0. The van der Waals surface area contributed by atoms with E-state index in [1.165, 1.54) is 17.5 Å². The summed E-state index contributed by atoms with van der Waals surface area (Å²) < 4.78 is 0.742. The minimum atomic E-state index is -0.270. The Kier molecular flexibility index (Phi) is 5.00. The van der Waals surface area contributed by atoms with Gasteiger partial charge in [0, 0.05) is 28.3 Å². The lowest BCUT2D eigenvalue weighted by atomic mass is 10.2. The van der Waals surface area contributed by atoms with Gasteiger partial charge in [-0.1, -0.05) is 35.1 Å². The summed E-state index contributed by atoms with van der Waals surface area (Å²) in [7, 11) is 0. The summed E-state index contributed by atoms with van der Waals surface area (Å²) in [5.41, 5.74) is 1.54. The predicted molar refractivity (Wildman–Crippen MR) is 94.1 cm³/mol. The standard InChI is InChI=1S/C15H10BrClN4OS/c16-11-6-10(7-18-8-11)14(22)19-15-21-20-13(23-15)5-9-1-3-12(17)4-2-9/h1-4,6-8H,5H2,(H,19,21,22). The zero-order valence-corrected chi connectivity index (χ0v) is 14.8. The second-order valence-corrected chi connectivity index (χ2v) is 7.06. The van der Waals surface area contributed by atoms with Crippen LogP contribution in [-0.2, 0) is 6.42 Å². The number of nitrogens with one attached hydrogen (secondary N) is 1. The Morgan fingerprint density at radius 1 is 1.22 bits per heavy atom. The van der Waals surface area contributed by atoms with E-state index < -0.39 is 0 Å². The Morgan fingerprint density at radius 2 is 2.00 bits per heavy atom. The van der Waals surface area contributed by atoms with Crippen molar-refractivity contribution in [1.82, 2.24) is 15.2 Å². The summed E-state index contributed by atoms with van der Waals surface area (Å²) in [5, 5.41) is 12.8. The van der Waals surface area contributed by atoms with Gasteiger partial charge in [-0.3, -0.25) is 15.1 Å². The van der Waals surface area contributed by atoms with E-state index in [0.29, 0.717) is 22.1 Å². The molecule has 1 aromatic carbocycles. The van der Waals surface area contributed by atoms with Crippen molar-refractivity contribution in [3.63, 3.8) is 0 Å². The van der Waals surface area contributed by atoms with Crippen LogP contribution in [0.1, 0.15) is 20.9 Å². The van der Waals surface area contributed by atoms with Crippen LogP contribution in [0.2, 0.25) is 5.02 Å². The highest BCUT2D eigenvalue weighted by Crippen LogP contribution is 2.20. The number of halogens is 2. The van der Waals surface area contributed by atoms with Gasteiger partial charge in [-0.25, -0.2) is 0 Å². The van der Waals surface area contributed by atoms with Gasteiger partial charge in [0.15, 0.2) is 0 Å². The first-order valence-electron chi connectivity index (χ1n) is 6.59. The molecule has 23 heavy (non-hydrogen) atoms. The number of benzene rings is 1. The van der Waals surface area contributed by atoms with Crippen molar-refractivity contribution in [3.8, 4) is 0 Å². The molecule has 1 amide bonds. The zero-order valence-electron chi connectivity index (χ0n) is 11.7. The average molecular weight is 410 g/mol. The maximum atomic E-state index is 12.1. The summed E-state index contributed by atoms with van der Waals surface area (Å²) in [6.07, 6.45) is 3.75. The Bertz CT molecular complexity index is 838. The number of pyridine rings is 1. The number of rotatable bonds is 4. The van der Waals surface area contributed by atoms with Crippen LogP contribution in [0.5, 0.6) is 0 Å². The molecule has 116 valence electrons. The molecule has 0 fully saturated rings. The van der Waals surface area contributed by atoms with Gasteiger partial charge in [-0.15, -0.1) is 10.2 Å². The summed E-state index contributed by atoms with van der Waals surface area (Å²) >= 11 is 10.5. The Hall–Kier alpha value is -1.83. The predicted octanol–water partition coefficient (Wildman–Crippen LogP) is 4.19. The zero-order chi connectivity index (χ0) is 16.2. The van der Waals surface area contributed by atoms with Crippen molar-refractivity contribution >= 4 is 49.9 Å². The van der Waals surface area contributed by atoms with Gasteiger partial charge in [0.25, 0.3) is 5.91 Å². The van der Waals surface area contributed by atoms with Crippen LogP contribution in [0.4, 0.5) is 5.13 Å². The third-order valence-electron chi connectivity index (χ3n) is 2.92. The number of carbonyl (C=O) groups is 1. The van der Waals surface area contributed by atoms with Gasteiger partial charge in [0.2, 0.25) is 5.13 Å². The molecule has 2 heterocycles. The summed E-state index contributed by atoms with van der Waals surface area (Å²) in [6.45, 7) is 0. The number of nitrogens with zero attached hydrogens (tertiary/aromatic N) is 3. The quantitative estimate of drug-likeness (QED) is 0.701. The van der Waals surface area contributed by atoms with Crippen molar-refractivity contribution < 1.29 is 4.79 Å². The molecule has 0 saturated heterocycles. The van der Waals surface area contributed by atoms with E-state index in [-0.39, 0.29) is 5.91 Å². The van der Waals surface area contributed by atoms with Crippen LogP contribution in [-0.4, -0.2) is 21.1 Å². The first-order valence-corrected chi connectivity index (χ1v) is 8.57.